The van der Waals surface area contributed by atoms with Crippen molar-refractivity contribution in [2.45, 2.75) is 50.4 Å². The third kappa shape index (κ3) is 5.27. The molecule has 1 fully saturated rings. The molecule has 1 aromatic heterocycles. The first-order chi connectivity index (χ1) is 17.2. The first-order valence-corrected chi connectivity index (χ1v) is 12.6. The summed E-state index contributed by atoms with van der Waals surface area (Å²) in [5, 5.41) is 6.85. The molecule has 0 spiro atoms. The van der Waals surface area contributed by atoms with Gasteiger partial charge in [0.05, 0.1) is 0 Å². The SMILES string of the molecule is FC(F)(F)c1cc(N2Cc3ccccc3C2)nc(NC(=S)NCC2(c3ccc(Cl)cc3)CCCC2)n1. The van der Waals surface area contributed by atoms with Gasteiger partial charge in [0.1, 0.15) is 5.82 Å². The topological polar surface area (TPSA) is 53.1 Å². The van der Waals surface area contributed by atoms with Crippen molar-refractivity contribution in [1.29, 1.82) is 0 Å². The third-order valence-electron chi connectivity index (χ3n) is 7.00. The van der Waals surface area contributed by atoms with E-state index in [1.807, 2.05) is 48.5 Å². The zero-order valence-electron chi connectivity index (χ0n) is 19.4. The summed E-state index contributed by atoms with van der Waals surface area (Å²) in [5.41, 5.74) is 2.19. The Morgan fingerprint density at radius 1 is 1.00 bits per heavy atom. The Labute approximate surface area is 218 Å². The van der Waals surface area contributed by atoms with E-state index < -0.39 is 11.9 Å². The molecule has 3 aromatic rings. The van der Waals surface area contributed by atoms with Crippen molar-refractivity contribution in [3.8, 4) is 0 Å². The minimum absolute atomic E-state index is 0.114. The van der Waals surface area contributed by atoms with Crippen molar-refractivity contribution < 1.29 is 13.2 Å². The second-order valence-electron chi connectivity index (χ2n) is 9.36. The quantitative estimate of drug-likeness (QED) is 0.368. The fraction of sp³-hybridized carbons (Fsp3) is 0.346. The number of alkyl halides is 3. The largest absolute Gasteiger partial charge is 0.433 e. The van der Waals surface area contributed by atoms with Gasteiger partial charge in [-0.05, 0) is 53.9 Å². The molecule has 0 saturated heterocycles. The maximum absolute atomic E-state index is 13.7. The van der Waals surface area contributed by atoms with Gasteiger partial charge >= 0.3 is 6.18 Å². The summed E-state index contributed by atoms with van der Waals surface area (Å²) < 4.78 is 41.0. The van der Waals surface area contributed by atoms with Crippen molar-refractivity contribution >= 4 is 40.7 Å². The summed E-state index contributed by atoms with van der Waals surface area (Å²) in [6, 6.07) is 16.6. The summed E-state index contributed by atoms with van der Waals surface area (Å²) in [7, 11) is 0. The van der Waals surface area contributed by atoms with E-state index in [0.29, 0.717) is 24.7 Å². The Balaban J connectivity index is 1.33. The molecule has 1 saturated carbocycles. The van der Waals surface area contributed by atoms with Crippen LogP contribution in [0.25, 0.3) is 0 Å². The van der Waals surface area contributed by atoms with Gasteiger partial charge in [-0.3, -0.25) is 0 Å². The van der Waals surface area contributed by atoms with Crippen LogP contribution in [0.4, 0.5) is 24.9 Å². The molecule has 2 heterocycles. The van der Waals surface area contributed by atoms with Gasteiger partial charge in [-0.2, -0.15) is 18.2 Å². The van der Waals surface area contributed by atoms with Gasteiger partial charge in [0, 0.05) is 36.1 Å². The minimum Gasteiger partial charge on any atom is -0.361 e. The van der Waals surface area contributed by atoms with Crippen molar-refractivity contribution in [3.05, 3.63) is 82.0 Å². The average molecular weight is 532 g/mol. The van der Waals surface area contributed by atoms with Gasteiger partial charge < -0.3 is 15.5 Å². The molecule has 36 heavy (non-hydrogen) atoms. The van der Waals surface area contributed by atoms with E-state index in [0.717, 1.165) is 42.9 Å². The number of nitrogens with one attached hydrogen (secondary N) is 2. The highest BCUT2D eigenvalue weighted by molar-refractivity contribution is 7.80. The lowest BCUT2D eigenvalue weighted by Gasteiger charge is -2.30. The molecule has 2 aromatic carbocycles. The molecule has 5 rings (SSSR count). The van der Waals surface area contributed by atoms with E-state index in [-0.39, 0.29) is 22.3 Å². The van der Waals surface area contributed by atoms with E-state index in [9.17, 15) is 13.2 Å². The number of halogens is 4. The summed E-state index contributed by atoms with van der Waals surface area (Å²) in [5.74, 6) is 0.0208. The summed E-state index contributed by atoms with van der Waals surface area (Å²) >= 11 is 11.5. The zero-order valence-corrected chi connectivity index (χ0v) is 21.0. The number of rotatable bonds is 5. The standard InChI is InChI=1S/C26H25ClF3N5S/c27-20-9-7-19(8-10-20)25(11-3-4-12-25)16-31-24(36)34-23-32-21(26(28,29)30)13-22(33-23)35-14-17-5-1-2-6-18(17)15-35/h1-2,5-10,13H,3-4,11-12,14-16H2,(H2,31,32,33,34,36). The second-order valence-corrected chi connectivity index (χ2v) is 10.2. The molecule has 0 unspecified atom stereocenters. The van der Waals surface area contributed by atoms with Crippen LogP contribution in [0.5, 0.6) is 0 Å². The molecule has 5 nitrogen and oxygen atoms in total. The van der Waals surface area contributed by atoms with Crippen LogP contribution in [0.2, 0.25) is 5.02 Å². The molecule has 1 aliphatic carbocycles. The van der Waals surface area contributed by atoms with Crippen LogP contribution in [0.3, 0.4) is 0 Å². The van der Waals surface area contributed by atoms with Crippen molar-refractivity contribution in [3.63, 3.8) is 0 Å². The number of thiocarbonyl (C=S) groups is 1. The molecular formula is C26H25ClF3N5S. The molecule has 2 aliphatic rings. The number of hydrogen-bond acceptors (Lipinski definition) is 4. The first-order valence-electron chi connectivity index (χ1n) is 11.8. The Morgan fingerprint density at radius 2 is 1.64 bits per heavy atom. The van der Waals surface area contributed by atoms with Crippen LogP contribution < -0.4 is 15.5 Å². The highest BCUT2D eigenvalue weighted by Gasteiger charge is 2.37. The highest BCUT2D eigenvalue weighted by atomic mass is 35.5. The Hall–Kier alpha value is -2.91. The molecular weight excluding hydrogens is 507 g/mol. The van der Waals surface area contributed by atoms with Crippen LogP contribution >= 0.6 is 23.8 Å². The second kappa shape index (κ2) is 9.86. The van der Waals surface area contributed by atoms with E-state index in [2.05, 4.69) is 20.6 Å². The van der Waals surface area contributed by atoms with E-state index in [1.54, 1.807) is 4.90 Å². The predicted octanol–water partition coefficient (Wildman–Crippen LogP) is 6.47. The normalized spacial score (nSPS) is 16.6. The van der Waals surface area contributed by atoms with Gasteiger partial charge in [0.2, 0.25) is 5.95 Å². The maximum Gasteiger partial charge on any atom is 0.433 e. The summed E-state index contributed by atoms with van der Waals surface area (Å²) in [6.07, 6.45) is -0.433. The lowest BCUT2D eigenvalue weighted by Crippen LogP contribution is -2.41. The fourth-order valence-electron chi connectivity index (χ4n) is 5.11. The van der Waals surface area contributed by atoms with Crippen LogP contribution in [-0.2, 0) is 24.7 Å². The zero-order chi connectivity index (χ0) is 25.3. The lowest BCUT2D eigenvalue weighted by molar-refractivity contribution is -0.141. The van der Waals surface area contributed by atoms with Gasteiger partial charge in [-0.15, -0.1) is 0 Å². The van der Waals surface area contributed by atoms with E-state index >= 15 is 0 Å². The van der Waals surface area contributed by atoms with Crippen LogP contribution in [0, 0.1) is 0 Å². The molecule has 1 aliphatic heterocycles. The average Bonchev–Trinajstić information content (AvgIpc) is 3.50. The number of aromatic nitrogens is 2. The first kappa shape index (κ1) is 24.8. The van der Waals surface area contributed by atoms with Gasteiger partial charge in [0.15, 0.2) is 10.8 Å². The minimum atomic E-state index is -4.61. The number of fused-ring (bicyclic) bond motifs is 1. The lowest BCUT2D eigenvalue weighted by atomic mass is 9.79. The molecule has 2 N–H and O–H groups in total. The van der Waals surface area contributed by atoms with E-state index in [4.69, 9.17) is 23.8 Å². The molecule has 0 bridgehead atoms. The van der Waals surface area contributed by atoms with Gasteiger partial charge in [0.25, 0.3) is 0 Å². The monoisotopic (exact) mass is 531 g/mol. The van der Waals surface area contributed by atoms with E-state index in [1.165, 1.54) is 5.56 Å². The number of anilines is 2. The van der Waals surface area contributed by atoms with Crippen LogP contribution in [0.1, 0.15) is 48.1 Å². The summed E-state index contributed by atoms with van der Waals surface area (Å²) in [4.78, 5) is 9.90. The number of hydrogen-bond donors (Lipinski definition) is 2. The van der Waals surface area contributed by atoms with Crippen LogP contribution in [-0.4, -0.2) is 21.6 Å². The fourth-order valence-corrected chi connectivity index (χ4v) is 5.40. The highest BCUT2D eigenvalue weighted by Crippen LogP contribution is 2.41. The van der Waals surface area contributed by atoms with Crippen molar-refractivity contribution in [2.24, 2.45) is 0 Å². The Bertz CT molecular complexity index is 1230. The molecule has 10 heteroatoms. The van der Waals surface area contributed by atoms with Crippen molar-refractivity contribution in [1.82, 2.24) is 15.3 Å². The smallest absolute Gasteiger partial charge is 0.361 e. The maximum atomic E-state index is 13.7. The van der Waals surface area contributed by atoms with Gasteiger partial charge in [-0.25, -0.2) is 4.98 Å². The molecule has 188 valence electrons. The van der Waals surface area contributed by atoms with Crippen molar-refractivity contribution in [2.75, 3.05) is 16.8 Å². The molecule has 0 amide bonds. The molecule has 0 atom stereocenters. The summed E-state index contributed by atoms with van der Waals surface area (Å²) in [6.45, 7) is 1.51. The Morgan fingerprint density at radius 3 is 2.25 bits per heavy atom. The van der Waals surface area contributed by atoms with Gasteiger partial charge in [-0.1, -0.05) is 60.8 Å². The van der Waals surface area contributed by atoms with Crippen LogP contribution in [0.15, 0.2) is 54.6 Å². The molecule has 0 radical (unpaired) electrons. The number of nitrogens with zero attached hydrogens (tertiary/aromatic N) is 3. The Kier molecular flexibility index (Phi) is 6.78. The third-order valence-corrected chi connectivity index (χ3v) is 7.50. The predicted molar refractivity (Wildman–Crippen MR) is 139 cm³/mol. The number of benzene rings is 2.